The van der Waals surface area contributed by atoms with Crippen molar-refractivity contribution < 1.29 is 14.0 Å². The van der Waals surface area contributed by atoms with Gasteiger partial charge in [-0.15, -0.1) is 0 Å². The zero-order chi connectivity index (χ0) is 19.1. The number of likely N-dealkylation sites (tertiary alicyclic amines) is 1. The largest absolute Gasteiger partial charge is 0.459 e. The molecular formula is C19H29N5O3. The molecule has 1 N–H and O–H groups in total. The summed E-state index contributed by atoms with van der Waals surface area (Å²) in [5.74, 6) is 1.13. The number of aliphatic imine (C=N–C) groups is 1. The van der Waals surface area contributed by atoms with E-state index in [1.807, 2.05) is 11.8 Å². The van der Waals surface area contributed by atoms with E-state index in [0.29, 0.717) is 31.9 Å². The number of guanidine groups is 1. The van der Waals surface area contributed by atoms with Crippen LogP contribution in [0.15, 0.2) is 27.8 Å². The molecule has 0 bridgehead atoms. The molecular weight excluding hydrogens is 346 g/mol. The van der Waals surface area contributed by atoms with E-state index in [0.717, 1.165) is 38.4 Å². The van der Waals surface area contributed by atoms with Crippen molar-refractivity contribution in [1.29, 1.82) is 0 Å². The molecule has 0 aromatic carbocycles. The Balaban J connectivity index is 1.54. The molecule has 0 radical (unpaired) electrons. The van der Waals surface area contributed by atoms with Gasteiger partial charge in [0.1, 0.15) is 6.54 Å². The Labute approximate surface area is 160 Å². The van der Waals surface area contributed by atoms with Crippen molar-refractivity contribution >= 4 is 17.8 Å². The Hall–Kier alpha value is -2.51. The van der Waals surface area contributed by atoms with Crippen LogP contribution < -0.4 is 5.32 Å². The SMILES string of the molecule is CCNC(=NCC(=O)N1CCCCC1)N1CCN(C(=O)c2ccco2)CC1. The average Bonchev–Trinajstić information content (AvgIpc) is 3.26. The summed E-state index contributed by atoms with van der Waals surface area (Å²) >= 11 is 0. The lowest BCUT2D eigenvalue weighted by Crippen LogP contribution is -2.54. The molecule has 0 spiro atoms. The molecule has 0 aliphatic carbocycles. The fourth-order valence-electron chi connectivity index (χ4n) is 3.49. The Morgan fingerprint density at radius 3 is 2.37 bits per heavy atom. The normalized spacial score (nSPS) is 18.6. The van der Waals surface area contributed by atoms with E-state index in [2.05, 4.69) is 15.2 Å². The van der Waals surface area contributed by atoms with Gasteiger partial charge in [-0.2, -0.15) is 0 Å². The van der Waals surface area contributed by atoms with Crippen LogP contribution in [0.1, 0.15) is 36.7 Å². The topological polar surface area (TPSA) is 81.4 Å². The van der Waals surface area contributed by atoms with Crippen molar-refractivity contribution in [3.63, 3.8) is 0 Å². The lowest BCUT2D eigenvalue weighted by Gasteiger charge is -2.36. The maximum atomic E-state index is 12.4. The number of carbonyl (C=O) groups excluding carboxylic acids is 2. The van der Waals surface area contributed by atoms with E-state index in [1.54, 1.807) is 17.0 Å². The van der Waals surface area contributed by atoms with Crippen molar-refractivity contribution in [2.75, 3.05) is 52.4 Å². The second kappa shape index (κ2) is 9.43. The first-order chi connectivity index (χ1) is 13.2. The lowest BCUT2D eigenvalue weighted by molar-refractivity contribution is -0.130. The van der Waals surface area contributed by atoms with E-state index in [9.17, 15) is 9.59 Å². The zero-order valence-electron chi connectivity index (χ0n) is 16.0. The Morgan fingerprint density at radius 1 is 1.04 bits per heavy atom. The predicted octanol–water partition coefficient (Wildman–Crippen LogP) is 1.02. The molecule has 8 nitrogen and oxygen atoms in total. The second-order valence-corrected chi connectivity index (χ2v) is 6.87. The van der Waals surface area contributed by atoms with E-state index in [1.165, 1.54) is 12.7 Å². The van der Waals surface area contributed by atoms with E-state index in [-0.39, 0.29) is 18.4 Å². The third kappa shape index (κ3) is 5.02. The molecule has 27 heavy (non-hydrogen) atoms. The van der Waals surface area contributed by atoms with Crippen LogP contribution in [0.25, 0.3) is 0 Å². The van der Waals surface area contributed by atoms with Crippen LogP contribution in [-0.2, 0) is 4.79 Å². The quantitative estimate of drug-likeness (QED) is 0.628. The number of piperidine rings is 1. The van der Waals surface area contributed by atoms with Crippen molar-refractivity contribution in [3.05, 3.63) is 24.2 Å². The van der Waals surface area contributed by atoms with Crippen molar-refractivity contribution in [2.24, 2.45) is 4.99 Å². The monoisotopic (exact) mass is 375 g/mol. The summed E-state index contributed by atoms with van der Waals surface area (Å²) in [6.07, 6.45) is 4.89. The first-order valence-electron chi connectivity index (χ1n) is 9.83. The minimum atomic E-state index is -0.0816. The Kier molecular flexibility index (Phi) is 6.73. The van der Waals surface area contributed by atoms with Gasteiger partial charge in [0.15, 0.2) is 11.7 Å². The summed E-state index contributed by atoms with van der Waals surface area (Å²) in [4.78, 5) is 35.1. The minimum absolute atomic E-state index is 0.0816. The van der Waals surface area contributed by atoms with Crippen molar-refractivity contribution in [2.45, 2.75) is 26.2 Å². The molecule has 0 unspecified atom stereocenters. The molecule has 0 atom stereocenters. The fourth-order valence-corrected chi connectivity index (χ4v) is 3.49. The van der Waals surface area contributed by atoms with Crippen LogP contribution in [-0.4, -0.2) is 84.8 Å². The smallest absolute Gasteiger partial charge is 0.289 e. The van der Waals surface area contributed by atoms with Gasteiger partial charge in [-0.3, -0.25) is 9.59 Å². The molecule has 2 amide bonds. The minimum Gasteiger partial charge on any atom is -0.459 e. The molecule has 2 aliphatic rings. The second-order valence-electron chi connectivity index (χ2n) is 6.87. The molecule has 3 heterocycles. The number of furan rings is 1. The van der Waals surface area contributed by atoms with Gasteiger partial charge in [-0.05, 0) is 38.3 Å². The van der Waals surface area contributed by atoms with Gasteiger partial charge in [-0.1, -0.05) is 0 Å². The van der Waals surface area contributed by atoms with Gasteiger partial charge >= 0.3 is 0 Å². The molecule has 2 aliphatic heterocycles. The summed E-state index contributed by atoms with van der Waals surface area (Å²) in [5, 5.41) is 3.27. The van der Waals surface area contributed by atoms with Crippen molar-refractivity contribution in [3.8, 4) is 0 Å². The highest BCUT2D eigenvalue weighted by molar-refractivity contribution is 5.91. The molecule has 148 valence electrons. The average molecular weight is 375 g/mol. The molecule has 1 aromatic heterocycles. The van der Waals surface area contributed by atoms with Crippen LogP contribution in [0.3, 0.4) is 0 Å². The number of piperazine rings is 1. The number of amides is 2. The maximum absolute atomic E-state index is 12.4. The van der Waals surface area contributed by atoms with Gasteiger partial charge < -0.3 is 24.4 Å². The van der Waals surface area contributed by atoms with Gasteiger partial charge in [-0.25, -0.2) is 4.99 Å². The van der Waals surface area contributed by atoms with E-state index >= 15 is 0 Å². The van der Waals surface area contributed by atoms with Crippen LogP contribution >= 0.6 is 0 Å². The zero-order valence-corrected chi connectivity index (χ0v) is 16.0. The highest BCUT2D eigenvalue weighted by Gasteiger charge is 2.25. The lowest BCUT2D eigenvalue weighted by atomic mass is 10.1. The van der Waals surface area contributed by atoms with Crippen molar-refractivity contribution in [1.82, 2.24) is 20.0 Å². The summed E-state index contributed by atoms with van der Waals surface area (Å²) in [5.41, 5.74) is 0. The highest BCUT2D eigenvalue weighted by atomic mass is 16.3. The van der Waals surface area contributed by atoms with Gasteiger partial charge in [0.05, 0.1) is 6.26 Å². The van der Waals surface area contributed by atoms with E-state index < -0.39 is 0 Å². The molecule has 0 saturated carbocycles. The highest BCUT2D eigenvalue weighted by Crippen LogP contribution is 2.11. The first-order valence-corrected chi connectivity index (χ1v) is 9.83. The standard InChI is InChI=1S/C19H29N5O3/c1-2-20-19(21-15-17(25)22-8-4-3-5-9-22)24-12-10-23(11-13-24)18(26)16-7-6-14-27-16/h6-7,14H,2-5,8-13,15H2,1H3,(H,20,21). The molecule has 8 heteroatoms. The number of nitrogens with zero attached hydrogens (tertiary/aromatic N) is 4. The van der Waals surface area contributed by atoms with E-state index in [4.69, 9.17) is 4.42 Å². The number of carbonyl (C=O) groups is 2. The van der Waals surface area contributed by atoms with Crippen LogP contribution in [0.2, 0.25) is 0 Å². The number of rotatable bonds is 4. The molecule has 1 aromatic rings. The Morgan fingerprint density at radius 2 is 1.74 bits per heavy atom. The molecule has 2 fully saturated rings. The summed E-state index contributed by atoms with van der Waals surface area (Å²) in [7, 11) is 0. The van der Waals surface area contributed by atoms with Gasteiger partial charge in [0, 0.05) is 45.8 Å². The number of nitrogens with one attached hydrogen (secondary N) is 1. The van der Waals surface area contributed by atoms with Gasteiger partial charge in [0.25, 0.3) is 5.91 Å². The maximum Gasteiger partial charge on any atom is 0.289 e. The summed E-state index contributed by atoms with van der Waals surface area (Å²) < 4.78 is 5.20. The van der Waals surface area contributed by atoms with Crippen LogP contribution in [0, 0.1) is 0 Å². The van der Waals surface area contributed by atoms with Gasteiger partial charge in [0.2, 0.25) is 5.91 Å². The molecule has 2 saturated heterocycles. The third-order valence-electron chi connectivity index (χ3n) is 5.01. The van der Waals surface area contributed by atoms with Crippen LogP contribution in [0.4, 0.5) is 0 Å². The molecule has 3 rings (SSSR count). The summed E-state index contributed by atoms with van der Waals surface area (Å²) in [6.45, 7) is 7.17. The number of hydrogen-bond acceptors (Lipinski definition) is 4. The Bertz CT molecular complexity index is 644. The third-order valence-corrected chi connectivity index (χ3v) is 5.01. The predicted molar refractivity (Wildman–Crippen MR) is 103 cm³/mol. The summed E-state index contributed by atoms with van der Waals surface area (Å²) in [6, 6.07) is 3.41. The van der Waals surface area contributed by atoms with Crippen LogP contribution in [0.5, 0.6) is 0 Å². The fraction of sp³-hybridized carbons (Fsp3) is 0.632. The number of hydrogen-bond donors (Lipinski definition) is 1. The first kappa shape index (κ1) is 19.3.